The normalized spacial score (nSPS) is 21.5. The molecule has 3 aromatic rings. The Labute approximate surface area is 160 Å². The molecule has 1 saturated heterocycles. The summed E-state index contributed by atoms with van der Waals surface area (Å²) in [5, 5.41) is 7.68. The lowest BCUT2D eigenvalue weighted by Crippen LogP contribution is -2.38. The van der Waals surface area contributed by atoms with Gasteiger partial charge in [-0.2, -0.15) is 9.40 Å². The molecule has 4 rings (SSSR count). The number of benzene rings is 1. The minimum Gasteiger partial charge on any atom is -0.347 e. The molecule has 3 heterocycles. The van der Waals surface area contributed by atoms with Crippen LogP contribution < -0.4 is 0 Å². The maximum Gasteiger partial charge on any atom is 0.216 e. The fourth-order valence-corrected chi connectivity index (χ4v) is 5.64. The summed E-state index contributed by atoms with van der Waals surface area (Å²) in [4.78, 5) is 0. The molecule has 0 bridgehead atoms. The summed E-state index contributed by atoms with van der Waals surface area (Å²) >= 11 is 0. The number of fused-ring (bicyclic) bond motifs is 1. The van der Waals surface area contributed by atoms with E-state index in [0.717, 1.165) is 24.1 Å². The van der Waals surface area contributed by atoms with E-state index in [4.69, 9.17) is 0 Å². The highest BCUT2D eigenvalue weighted by Gasteiger charge is 2.38. The van der Waals surface area contributed by atoms with Crippen molar-refractivity contribution in [3.8, 4) is 11.1 Å². The van der Waals surface area contributed by atoms with Gasteiger partial charge in [0.1, 0.15) is 0 Å². The lowest BCUT2D eigenvalue weighted by Gasteiger charge is -2.23. The molecule has 144 valence electrons. The van der Waals surface area contributed by atoms with Crippen molar-refractivity contribution in [1.29, 1.82) is 0 Å². The Morgan fingerprint density at radius 1 is 1.26 bits per heavy atom. The fraction of sp³-hybridized carbons (Fsp3) is 0.450. The molecule has 1 fully saturated rings. The topological polar surface area (TPSA) is 71.0 Å². The number of sulfonamides is 1. The molecule has 7 heteroatoms. The molecule has 0 radical (unpaired) electrons. The molecule has 0 spiro atoms. The third kappa shape index (κ3) is 3.30. The van der Waals surface area contributed by atoms with E-state index in [-0.39, 0.29) is 11.3 Å². The van der Waals surface area contributed by atoms with Gasteiger partial charge in [0.05, 0.1) is 11.4 Å². The molecule has 0 saturated carbocycles. The van der Waals surface area contributed by atoms with E-state index < -0.39 is 10.0 Å². The van der Waals surface area contributed by atoms with E-state index >= 15 is 0 Å². The summed E-state index contributed by atoms with van der Waals surface area (Å²) in [6, 6.07) is 8.61. The highest BCUT2D eigenvalue weighted by atomic mass is 32.2. The smallest absolute Gasteiger partial charge is 0.216 e. The predicted molar refractivity (Wildman–Crippen MR) is 108 cm³/mol. The van der Waals surface area contributed by atoms with Gasteiger partial charge in [-0.05, 0) is 56.9 Å². The maximum absolute atomic E-state index is 12.6. The largest absolute Gasteiger partial charge is 0.347 e. The Kier molecular flexibility index (Phi) is 4.60. The molecule has 2 atom stereocenters. The van der Waals surface area contributed by atoms with E-state index in [0.29, 0.717) is 12.5 Å². The van der Waals surface area contributed by atoms with Gasteiger partial charge in [-0.1, -0.05) is 6.07 Å². The Morgan fingerprint density at radius 3 is 2.78 bits per heavy atom. The van der Waals surface area contributed by atoms with Crippen LogP contribution in [0.2, 0.25) is 0 Å². The van der Waals surface area contributed by atoms with E-state index in [1.165, 1.54) is 10.9 Å². The molecule has 0 amide bonds. The molecule has 2 aromatic heterocycles. The van der Waals surface area contributed by atoms with E-state index in [2.05, 4.69) is 45.2 Å². The van der Waals surface area contributed by atoms with E-state index in [9.17, 15) is 8.42 Å². The Hall–Kier alpha value is -2.12. The van der Waals surface area contributed by atoms with Crippen LogP contribution in [0.3, 0.4) is 0 Å². The number of aromatic nitrogens is 3. The fourth-order valence-electron chi connectivity index (χ4n) is 4.09. The SMILES string of the molecule is CC1CC(Cn2ccc3cc(-c4cn[nH]c4)ccc32)CN1S(=O)(=O)C(C)C. The van der Waals surface area contributed by atoms with Crippen molar-refractivity contribution in [3.05, 3.63) is 42.9 Å². The third-order valence-electron chi connectivity index (χ3n) is 5.58. The van der Waals surface area contributed by atoms with Crippen molar-refractivity contribution in [2.45, 2.75) is 45.0 Å². The zero-order chi connectivity index (χ0) is 19.2. The minimum atomic E-state index is -3.20. The number of aromatic amines is 1. The van der Waals surface area contributed by atoms with Crippen LogP contribution in [-0.4, -0.2) is 45.3 Å². The minimum absolute atomic E-state index is 0.0666. The number of H-pyrrole nitrogens is 1. The second-order valence-electron chi connectivity index (χ2n) is 7.84. The molecule has 1 aliphatic rings. The van der Waals surface area contributed by atoms with Gasteiger partial charge in [-0.3, -0.25) is 5.10 Å². The highest BCUT2D eigenvalue weighted by Crippen LogP contribution is 2.31. The first kappa shape index (κ1) is 18.3. The first-order chi connectivity index (χ1) is 12.9. The zero-order valence-electron chi connectivity index (χ0n) is 16.0. The monoisotopic (exact) mass is 386 g/mol. The standard InChI is InChI=1S/C20H26N4O2S/c1-14(2)27(25,26)24-13-16(8-15(24)3)12-23-7-6-18-9-17(4-5-20(18)23)19-10-21-22-11-19/h4-7,9-11,14-16H,8,12-13H2,1-3H3,(H,21,22). The van der Waals surface area contributed by atoms with Gasteiger partial charge in [0.15, 0.2) is 0 Å². The number of nitrogens with one attached hydrogen (secondary N) is 1. The van der Waals surface area contributed by atoms with Crippen LogP contribution in [0, 0.1) is 5.92 Å². The first-order valence-corrected chi connectivity index (χ1v) is 11.0. The summed E-state index contributed by atoms with van der Waals surface area (Å²) < 4.78 is 29.1. The molecule has 2 unspecified atom stereocenters. The van der Waals surface area contributed by atoms with Crippen molar-refractivity contribution < 1.29 is 8.42 Å². The average molecular weight is 387 g/mol. The first-order valence-electron chi connectivity index (χ1n) is 9.45. The predicted octanol–water partition coefficient (Wildman–Crippen LogP) is 3.48. The molecule has 0 aliphatic carbocycles. The van der Waals surface area contributed by atoms with Crippen molar-refractivity contribution in [2.75, 3.05) is 6.54 Å². The summed E-state index contributed by atoms with van der Waals surface area (Å²) in [6.07, 6.45) is 6.72. The van der Waals surface area contributed by atoms with Gasteiger partial charge in [0.2, 0.25) is 10.0 Å². The molecule has 1 aromatic carbocycles. The van der Waals surface area contributed by atoms with Crippen LogP contribution >= 0.6 is 0 Å². The van der Waals surface area contributed by atoms with Crippen LogP contribution in [0.1, 0.15) is 27.2 Å². The van der Waals surface area contributed by atoms with E-state index in [1.807, 2.05) is 19.3 Å². The number of nitrogens with zero attached hydrogens (tertiary/aromatic N) is 3. The molecule has 6 nitrogen and oxygen atoms in total. The van der Waals surface area contributed by atoms with Crippen LogP contribution in [0.4, 0.5) is 0 Å². The van der Waals surface area contributed by atoms with Gasteiger partial charge in [0, 0.05) is 48.0 Å². The molecular formula is C20H26N4O2S. The second-order valence-corrected chi connectivity index (χ2v) is 10.3. The summed E-state index contributed by atoms with van der Waals surface area (Å²) in [5.41, 5.74) is 3.39. The van der Waals surface area contributed by atoms with Crippen LogP contribution in [0.25, 0.3) is 22.0 Å². The Morgan fingerprint density at radius 2 is 2.07 bits per heavy atom. The van der Waals surface area contributed by atoms with Crippen LogP contribution in [0.5, 0.6) is 0 Å². The summed E-state index contributed by atoms with van der Waals surface area (Å²) in [6.45, 7) is 6.97. The van der Waals surface area contributed by atoms with Crippen molar-refractivity contribution >= 4 is 20.9 Å². The lowest BCUT2D eigenvalue weighted by molar-refractivity contribution is 0.395. The maximum atomic E-state index is 12.6. The summed E-state index contributed by atoms with van der Waals surface area (Å²) in [7, 11) is -3.20. The van der Waals surface area contributed by atoms with Crippen molar-refractivity contribution in [1.82, 2.24) is 19.1 Å². The third-order valence-corrected chi connectivity index (χ3v) is 7.94. The molecule has 1 N–H and O–H groups in total. The highest BCUT2D eigenvalue weighted by molar-refractivity contribution is 7.89. The van der Waals surface area contributed by atoms with Gasteiger partial charge < -0.3 is 4.57 Å². The van der Waals surface area contributed by atoms with Crippen molar-refractivity contribution in [3.63, 3.8) is 0 Å². The second kappa shape index (κ2) is 6.80. The van der Waals surface area contributed by atoms with Crippen molar-refractivity contribution in [2.24, 2.45) is 5.92 Å². The number of hydrogen-bond acceptors (Lipinski definition) is 3. The zero-order valence-corrected chi connectivity index (χ0v) is 16.8. The Bertz CT molecular complexity index is 1040. The molecule has 27 heavy (non-hydrogen) atoms. The van der Waals surface area contributed by atoms with Gasteiger partial charge >= 0.3 is 0 Å². The molecule has 1 aliphatic heterocycles. The van der Waals surface area contributed by atoms with Crippen LogP contribution in [0.15, 0.2) is 42.9 Å². The molecular weight excluding hydrogens is 360 g/mol. The quantitative estimate of drug-likeness (QED) is 0.730. The average Bonchev–Trinajstić information content (AvgIpc) is 3.35. The number of rotatable bonds is 5. The Balaban J connectivity index is 1.54. The van der Waals surface area contributed by atoms with E-state index in [1.54, 1.807) is 18.2 Å². The number of hydrogen-bond donors (Lipinski definition) is 1. The van der Waals surface area contributed by atoms with Gasteiger partial charge in [-0.15, -0.1) is 0 Å². The lowest BCUT2D eigenvalue weighted by atomic mass is 10.1. The van der Waals surface area contributed by atoms with Gasteiger partial charge in [0.25, 0.3) is 0 Å². The van der Waals surface area contributed by atoms with Crippen LogP contribution in [-0.2, 0) is 16.6 Å². The summed E-state index contributed by atoms with van der Waals surface area (Å²) in [5.74, 6) is 0.331. The van der Waals surface area contributed by atoms with Gasteiger partial charge in [-0.25, -0.2) is 8.42 Å².